The number of benzene rings is 1. The number of aryl methyl sites for hydroxylation is 1. The van der Waals surface area contributed by atoms with Gasteiger partial charge in [0.2, 0.25) is 0 Å². The summed E-state index contributed by atoms with van der Waals surface area (Å²) in [7, 11) is 1.93. The number of amides is 1. The van der Waals surface area contributed by atoms with E-state index in [0.717, 1.165) is 5.82 Å². The van der Waals surface area contributed by atoms with Crippen molar-refractivity contribution in [2.75, 3.05) is 0 Å². The zero-order valence-electron chi connectivity index (χ0n) is 15.2. The molecule has 0 unspecified atom stereocenters. The largest absolute Gasteiger partial charge is 0.486 e. The highest BCUT2D eigenvalue weighted by atomic mass is 32.1. The van der Waals surface area contributed by atoms with Crippen LogP contribution in [0.2, 0.25) is 0 Å². The van der Waals surface area contributed by atoms with Crippen LogP contribution in [0.1, 0.15) is 40.9 Å². The van der Waals surface area contributed by atoms with Gasteiger partial charge in [-0.1, -0.05) is 19.9 Å². The van der Waals surface area contributed by atoms with E-state index in [-0.39, 0.29) is 11.9 Å². The fraction of sp³-hybridized carbons (Fsp3) is 0.300. The third-order valence-corrected chi connectivity index (χ3v) is 5.16. The number of nitrogens with zero attached hydrogens (tertiary/aromatic N) is 2. The number of nitrogens with one attached hydrogen (secondary N) is 1. The van der Waals surface area contributed by atoms with Crippen molar-refractivity contribution >= 4 is 17.2 Å². The first kappa shape index (κ1) is 18.2. The van der Waals surface area contributed by atoms with Crippen molar-refractivity contribution in [1.29, 1.82) is 0 Å². The Balaban J connectivity index is 1.62. The minimum atomic E-state index is -0.0762. The van der Waals surface area contributed by atoms with Crippen LogP contribution in [0.25, 0.3) is 0 Å². The molecule has 1 atom stereocenters. The second kappa shape index (κ2) is 8.19. The van der Waals surface area contributed by atoms with Gasteiger partial charge in [0.25, 0.3) is 5.91 Å². The standard InChI is InChI=1S/C20H23N3O2S/c1-14(2)19(17-5-4-12-26-17)22-20(24)15-6-8-16(9-7-15)25-13-18-21-10-11-23(18)3/h4-12,14,19H,13H2,1-3H3,(H,22,24)/t19-/m0/s1. The van der Waals surface area contributed by atoms with Crippen molar-refractivity contribution in [3.8, 4) is 5.75 Å². The average Bonchev–Trinajstić information content (AvgIpc) is 3.29. The predicted octanol–water partition coefficient (Wildman–Crippen LogP) is 4.19. The van der Waals surface area contributed by atoms with E-state index in [9.17, 15) is 4.79 Å². The molecule has 0 aliphatic rings. The molecule has 0 fully saturated rings. The monoisotopic (exact) mass is 369 g/mol. The Morgan fingerprint density at radius 3 is 2.62 bits per heavy atom. The maximum atomic E-state index is 12.6. The molecule has 0 bridgehead atoms. The summed E-state index contributed by atoms with van der Waals surface area (Å²) in [5.41, 5.74) is 0.622. The summed E-state index contributed by atoms with van der Waals surface area (Å²) in [6.45, 7) is 4.61. The summed E-state index contributed by atoms with van der Waals surface area (Å²) in [5, 5.41) is 5.17. The molecule has 0 radical (unpaired) electrons. The van der Waals surface area contributed by atoms with Crippen LogP contribution in [0.5, 0.6) is 5.75 Å². The summed E-state index contributed by atoms with van der Waals surface area (Å²) < 4.78 is 7.65. The van der Waals surface area contributed by atoms with Gasteiger partial charge < -0.3 is 14.6 Å². The van der Waals surface area contributed by atoms with E-state index >= 15 is 0 Å². The maximum absolute atomic E-state index is 12.6. The van der Waals surface area contributed by atoms with Gasteiger partial charge in [0.1, 0.15) is 18.2 Å². The number of imidazole rings is 1. The van der Waals surface area contributed by atoms with Crippen molar-refractivity contribution in [3.05, 3.63) is 70.4 Å². The quantitative estimate of drug-likeness (QED) is 0.679. The van der Waals surface area contributed by atoms with Crippen LogP contribution < -0.4 is 10.1 Å². The Morgan fingerprint density at radius 2 is 2.04 bits per heavy atom. The van der Waals surface area contributed by atoms with E-state index in [0.29, 0.717) is 23.8 Å². The smallest absolute Gasteiger partial charge is 0.251 e. The third kappa shape index (κ3) is 4.32. The van der Waals surface area contributed by atoms with Crippen molar-refractivity contribution in [2.24, 2.45) is 13.0 Å². The van der Waals surface area contributed by atoms with Crippen LogP contribution in [0, 0.1) is 5.92 Å². The summed E-state index contributed by atoms with van der Waals surface area (Å²) >= 11 is 1.66. The summed E-state index contributed by atoms with van der Waals surface area (Å²) in [5.74, 6) is 1.80. The number of carbonyl (C=O) groups is 1. The lowest BCUT2D eigenvalue weighted by Gasteiger charge is -2.21. The molecule has 1 amide bonds. The lowest BCUT2D eigenvalue weighted by molar-refractivity contribution is 0.0926. The van der Waals surface area contributed by atoms with Gasteiger partial charge in [-0.3, -0.25) is 4.79 Å². The molecule has 5 nitrogen and oxygen atoms in total. The Labute approximate surface area is 157 Å². The van der Waals surface area contributed by atoms with Gasteiger partial charge in [-0.2, -0.15) is 0 Å². The first-order valence-electron chi connectivity index (χ1n) is 8.58. The fourth-order valence-electron chi connectivity index (χ4n) is 2.65. The van der Waals surface area contributed by atoms with Crippen molar-refractivity contribution < 1.29 is 9.53 Å². The second-order valence-corrected chi connectivity index (χ2v) is 7.46. The molecule has 2 heterocycles. The Kier molecular flexibility index (Phi) is 5.73. The molecule has 3 aromatic rings. The molecule has 0 saturated carbocycles. The zero-order chi connectivity index (χ0) is 18.5. The van der Waals surface area contributed by atoms with E-state index in [4.69, 9.17) is 4.74 Å². The average molecular weight is 369 g/mol. The lowest BCUT2D eigenvalue weighted by Crippen LogP contribution is -2.31. The number of hydrogen-bond acceptors (Lipinski definition) is 4. The normalized spacial score (nSPS) is 12.2. The summed E-state index contributed by atoms with van der Waals surface area (Å²) in [4.78, 5) is 18.0. The molecule has 6 heteroatoms. The predicted molar refractivity (Wildman–Crippen MR) is 103 cm³/mol. The number of carbonyl (C=O) groups excluding carboxylic acids is 1. The first-order valence-corrected chi connectivity index (χ1v) is 9.46. The van der Waals surface area contributed by atoms with E-state index < -0.39 is 0 Å². The Bertz CT molecular complexity index is 838. The van der Waals surface area contributed by atoms with E-state index in [2.05, 4.69) is 30.2 Å². The van der Waals surface area contributed by atoms with Crippen molar-refractivity contribution in [1.82, 2.24) is 14.9 Å². The van der Waals surface area contributed by atoms with Crippen LogP contribution in [-0.2, 0) is 13.7 Å². The molecule has 0 saturated heterocycles. The van der Waals surface area contributed by atoms with Gasteiger partial charge >= 0.3 is 0 Å². The van der Waals surface area contributed by atoms with Gasteiger partial charge in [0.15, 0.2) is 0 Å². The summed E-state index contributed by atoms with van der Waals surface area (Å²) in [6.07, 6.45) is 3.62. The van der Waals surface area contributed by atoms with Gasteiger partial charge in [-0.15, -0.1) is 11.3 Å². The third-order valence-electron chi connectivity index (χ3n) is 4.21. The van der Waals surface area contributed by atoms with Gasteiger partial charge in [0, 0.05) is 29.9 Å². The van der Waals surface area contributed by atoms with Crippen LogP contribution in [0.15, 0.2) is 54.2 Å². The molecular formula is C20H23N3O2S. The molecule has 26 heavy (non-hydrogen) atoms. The fourth-order valence-corrected chi connectivity index (χ4v) is 3.59. The minimum Gasteiger partial charge on any atom is -0.486 e. The molecule has 0 aliphatic carbocycles. The van der Waals surface area contributed by atoms with Gasteiger partial charge in [0.05, 0.1) is 6.04 Å². The number of rotatable bonds is 7. The number of thiophene rings is 1. The van der Waals surface area contributed by atoms with E-state index in [1.165, 1.54) is 4.88 Å². The minimum absolute atomic E-state index is 0.0156. The van der Waals surface area contributed by atoms with Gasteiger partial charge in [-0.25, -0.2) is 4.98 Å². The Hall–Kier alpha value is -2.60. The second-order valence-electron chi connectivity index (χ2n) is 6.48. The van der Waals surface area contributed by atoms with Gasteiger partial charge in [-0.05, 0) is 41.6 Å². The van der Waals surface area contributed by atoms with Crippen LogP contribution in [0.3, 0.4) is 0 Å². The zero-order valence-corrected chi connectivity index (χ0v) is 16.0. The number of aromatic nitrogens is 2. The highest BCUT2D eigenvalue weighted by Crippen LogP contribution is 2.26. The molecule has 0 spiro atoms. The molecule has 0 aliphatic heterocycles. The first-order chi connectivity index (χ1) is 12.5. The van der Waals surface area contributed by atoms with Crippen LogP contribution in [-0.4, -0.2) is 15.5 Å². The number of hydrogen-bond donors (Lipinski definition) is 1. The molecule has 1 N–H and O–H groups in total. The molecule has 1 aromatic carbocycles. The topological polar surface area (TPSA) is 56.1 Å². The van der Waals surface area contributed by atoms with Crippen LogP contribution in [0.4, 0.5) is 0 Å². The van der Waals surface area contributed by atoms with E-state index in [1.807, 2.05) is 41.4 Å². The Morgan fingerprint density at radius 1 is 1.27 bits per heavy atom. The van der Waals surface area contributed by atoms with E-state index in [1.54, 1.807) is 29.7 Å². The SMILES string of the molecule is CC(C)[C@H](NC(=O)c1ccc(OCc2nccn2C)cc1)c1cccs1. The highest BCUT2D eigenvalue weighted by molar-refractivity contribution is 7.10. The summed E-state index contributed by atoms with van der Waals surface area (Å²) in [6, 6.07) is 11.3. The van der Waals surface area contributed by atoms with Crippen molar-refractivity contribution in [3.63, 3.8) is 0 Å². The lowest BCUT2D eigenvalue weighted by atomic mass is 10.0. The molecule has 2 aromatic heterocycles. The van der Waals surface area contributed by atoms with Crippen molar-refractivity contribution in [2.45, 2.75) is 26.5 Å². The van der Waals surface area contributed by atoms with Crippen LogP contribution >= 0.6 is 11.3 Å². The highest BCUT2D eigenvalue weighted by Gasteiger charge is 2.20. The molecule has 136 valence electrons. The molecule has 3 rings (SSSR count). The number of ether oxygens (including phenoxy) is 1. The molecular weight excluding hydrogens is 346 g/mol. The maximum Gasteiger partial charge on any atom is 0.251 e.